The fourth-order valence-corrected chi connectivity index (χ4v) is 1.58. The van der Waals surface area contributed by atoms with Crippen molar-refractivity contribution in [2.75, 3.05) is 0 Å². The molecule has 11 heavy (non-hydrogen) atoms. The lowest BCUT2D eigenvalue weighted by Gasteiger charge is -2.19. The maximum Gasteiger partial charge on any atom is 0.0807 e. The van der Waals surface area contributed by atoms with Gasteiger partial charge in [-0.1, -0.05) is 6.07 Å². The average Bonchev–Trinajstić information content (AvgIpc) is 2.06. The van der Waals surface area contributed by atoms with Gasteiger partial charge in [0.05, 0.1) is 6.10 Å². The van der Waals surface area contributed by atoms with Gasteiger partial charge in [-0.2, -0.15) is 0 Å². The molecule has 1 aromatic rings. The van der Waals surface area contributed by atoms with Gasteiger partial charge < -0.3 is 5.11 Å². The van der Waals surface area contributed by atoms with E-state index < -0.39 is 0 Å². The molecule has 1 aromatic heterocycles. The smallest absolute Gasteiger partial charge is 0.0807 e. The number of nitrogens with zero attached hydrogens (tertiary/aromatic N) is 1. The number of fused-ring (bicyclic) bond motifs is 1. The Morgan fingerprint density at radius 2 is 2.45 bits per heavy atom. The quantitative estimate of drug-likeness (QED) is 0.605. The molecule has 2 heteroatoms. The van der Waals surface area contributed by atoms with Gasteiger partial charge in [0, 0.05) is 17.5 Å². The highest BCUT2D eigenvalue weighted by molar-refractivity contribution is 5.24. The van der Waals surface area contributed by atoms with E-state index in [1.165, 1.54) is 0 Å². The number of aliphatic hydroxyl groups excluding tert-OH is 1. The number of pyridine rings is 1. The van der Waals surface area contributed by atoms with E-state index >= 15 is 0 Å². The molecule has 0 fully saturated rings. The molecule has 0 spiro atoms. The lowest BCUT2D eigenvalue weighted by atomic mass is 9.94. The largest absolute Gasteiger partial charge is 0.388 e. The Balaban J connectivity index is 2.44. The highest BCUT2D eigenvalue weighted by atomic mass is 16.3. The molecule has 0 saturated heterocycles. The molecule has 1 N–H and O–H groups in total. The molecule has 0 unspecified atom stereocenters. The molecular weight excluding hydrogens is 138 g/mol. The van der Waals surface area contributed by atoms with Crippen molar-refractivity contribution in [3.63, 3.8) is 0 Å². The molecule has 1 aliphatic rings. The van der Waals surface area contributed by atoms with E-state index in [2.05, 4.69) is 4.98 Å². The van der Waals surface area contributed by atoms with Crippen LogP contribution >= 0.6 is 0 Å². The summed E-state index contributed by atoms with van der Waals surface area (Å²) in [4.78, 5) is 4.21. The minimum absolute atomic E-state index is 0.271. The van der Waals surface area contributed by atoms with E-state index in [0.717, 1.165) is 30.5 Å². The third-order valence-electron chi connectivity index (χ3n) is 2.18. The van der Waals surface area contributed by atoms with Crippen molar-refractivity contribution >= 4 is 0 Å². The number of hydrogen-bond acceptors (Lipinski definition) is 2. The predicted molar refractivity (Wildman–Crippen MR) is 42.1 cm³/mol. The second-order valence-corrected chi connectivity index (χ2v) is 2.95. The first-order valence-corrected chi connectivity index (χ1v) is 4.00. The Morgan fingerprint density at radius 1 is 1.55 bits per heavy atom. The summed E-state index contributed by atoms with van der Waals surface area (Å²) < 4.78 is 0. The molecule has 0 saturated carbocycles. The Bertz CT molecular complexity index is 259. The predicted octanol–water partition coefficient (Wildman–Crippen LogP) is 1.45. The van der Waals surface area contributed by atoms with Crippen LogP contribution in [0.1, 0.15) is 30.2 Å². The molecule has 0 aromatic carbocycles. The fraction of sp³-hybridized carbons (Fsp3) is 0.444. The fourth-order valence-electron chi connectivity index (χ4n) is 1.58. The van der Waals surface area contributed by atoms with Crippen LogP contribution in [0.5, 0.6) is 0 Å². The number of aliphatic hydroxyl groups is 1. The first kappa shape index (κ1) is 6.80. The first-order valence-electron chi connectivity index (χ1n) is 4.00. The van der Waals surface area contributed by atoms with Gasteiger partial charge in [0.25, 0.3) is 0 Å². The number of aromatic nitrogens is 1. The van der Waals surface area contributed by atoms with E-state index in [9.17, 15) is 5.11 Å². The SMILES string of the molecule is O[C@@H]1CCCc2ncccc21. The summed E-state index contributed by atoms with van der Waals surface area (Å²) in [5.74, 6) is 0. The normalized spacial score (nSPS) is 22.8. The zero-order valence-corrected chi connectivity index (χ0v) is 6.33. The summed E-state index contributed by atoms with van der Waals surface area (Å²) in [6.07, 6.45) is 4.49. The maximum atomic E-state index is 9.52. The molecule has 0 bridgehead atoms. The van der Waals surface area contributed by atoms with Crippen LogP contribution in [-0.4, -0.2) is 10.1 Å². The standard InChI is InChI=1S/C9H11NO/c11-9-5-1-4-8-7(9)3-2-6-10-8/h2-3,6,9,11H,1,4-5H2/t9-/m1/s1. The third-order valence-corrected chi connectivity index (χ3v) is 2.18. The van der Waals surface area contributed by atoms with Crippen LogP contribution in [0.25, 0.3) is 0 Å². The van der Waals surface area contributed by atoms with Crippen molar-refractivity contribution in [1.82, 2.24) is 4.98 Å². The molecule has 0 amide bonds. The van der Waals surface area contributed by atoms with Gasteiger partial charge in [0.2, 0.25) is 0 Å². The number of aryl methyl sites for hydroxylation is 1. The van der Waals surface area contributed by atoms with Gasteiger partial charge in [-0.25, -0.2) is 0 Å². The van der Waals surface area contributed by atoms with Crippen molar-refractivity contribution in [1.29, 1.82) is 0 Å². The van der Waals surface area contributed by atoms with Crippen molar-refractivity contribution in [3.05, 3.63) is 29.6 Å². The summed E-state index contributed by atoms with van der Waals surface area (Å²) in [5, 5.41) is 9.52. The van der Waals surface area contributed by atoms with Crippen LogP contribution in [0.15, 0.2) is 18.3 Å². The zero-order valence-electron chi connectivity index (χ0n) is 6.33. The van der Waals surface area contributed by atoms with E-state index in [1.54, 1.807) is 6.20 Å². The molecule has 1 heterocycles. The van der Waals surface area contributed by atoms with Crippen LogP contribution in [-0.2, 0) is 6.42 Å². The average molecular weight is 149 g/mol. The van der Waals surface area contributed by atoms with Gasteiger partial charge in [-0.05, 0) is 25.3 Å². The topological polar surface area (TPSA) is 33.1 Å². The molecule has 1 atom stereocenters. The van der Waals surface area contributed by atoms with E-state index in [1.807, 2.05) is 12.1 Å². The van der Waals surface area contributed by atoms with Gasteiger partial charge in [0.1, 0.15) is 0 Å². The lowest BCUT2D eigenvalue weighted by molar-refractivity contribution is 0.155. The van der Waals surface area contributed by atoms with Crippen molar-refractivity contribution in [2.24, 2.45) is 0 Å². The molecule has 0 radical (unpaired) electrons. The van der Waals surface area contributed by atoms with Gasteiger partial charge in [0.15, 0.2) is 0 Å². The summed E-state index contributed by atoms with van der Waals surface area (Å²) in [6, 6.07) is 3.85. The highest BCUT2D eigenvalue weighted by Gasteiger charge is 2.17. The lowest BCUT2D eigenvalue weighted by Crippen LogP contribution is -2.10. The Morgan fingerprint density at radius 3 is 3.27 bits per heavy atom. The Hall–Kier alpha value is -0.890. The summed E-state index contributed by atoms with van der Waals surface area (Å²) in [7, 11) is 0. The summed E-state index contributed by atoms with van der Waals surface area (Å²) in [6.45, 7) is 0. The molecule has 2 rings (SSSR count). The molecule has 1 aliphatic carbocycles. The summed E-state index contributed by atoms with van der Waals surface area (Å²) >= 11 is 0. The summed E-state index contributed by atoms with van der Waals surface area (Å²) in [5.41, 5.74) is 2.10. The number of hydrogen-bond donors (Lipinski definition) is 1. The third kappa shape index (κ3) is 1.14. The molecule has 0 aliphatic heterocycles. The van der Waals surface area contributed by atoms with Crippen LogP contribution in [0.3, 0.4) is 0 Å². The van der Waals surface area contributed by atoms with Gasteiger partial charge >= 0.3 is 0 Å². The Labute approximate surface area is 65.9 Å². The Kier molecular flexibility index (Phi) is 1.62. The van der Waals surface area contributed by atoms with Crippen LogP contribution in [0.4, 0.5) is 0 Å². The van der Waals surface area contributed by atoms with Crippen molar-refractivity contribution in [2.45, 2.75) is 25.4 Å². The van der Waals surface area contributed by atoms with Gasteiger partial charge in [-0.15, -0.1) is 0 Å². The molecule has 58 valence electrons. The van der Waals surface area contributed by atoms with E-state index in [4.69, 9.17) is 0 Å². The first-order chi connectivity index (χ1) is 5.38. The van der Waals surface area contributed by atoms with Crippen LogP contribution in [0.2, 0.25) is 0 Å². The zero-order chi connectivity index (χ0) is 7.68. The number of rotatable bonds is 0. The minimum atomic E-state index is -0.271. The van der Waals surface area contributed by atoms with E-state index in [-0.39, 0.29) is 6.10 Å². The van der Waals surface area contributed by atoms with Crippen LogP contribution in [0, 0.1) is 0 Å². The van der Waals surface area contributed by atoms with Gasteiger partial charge in [-0.3, -0.25) is 4.98 Å². The highest BCUT2D eigenvalue weighted by Crippen LogP contribution is 2.27. The van der Waals surface area contributed by atoms with Crippen LogP contribution < -0.4 is 0 Å². The monoisotopic (exact) mass is 149 g/mol. The minimum Gasteiger partial charge on any atom is -0.388 e. The van der Waals surface area contributed by atoms with Crippen molar-refractivity contribution in [3.8, 4) is 0 Å². The maximum absolute atomic E-state index is 9.52. The second-order valence-electron chi connectivity index (χ2n) is 2.95. The van der Waals surface area contributed by atoms with Crippen molar-refractivity contribution < 1.29 is 5.11 Å². The molecule has 2 nitrogen and oxygen atoms in total. The second kappa shape index (κ2) is 2.62. The van der Waals surface area contributed by atoms with E-state index in [0.29, 0.717) is 0 Å². The molecular formula is C9H11NO.